The zero-order valence-electron chi connectivity index (χ0n) is 11.1. The molecule has 0 bridgehead atoms. The number of aromatic nitrogens is 4. The van der Waals surface area contributed by atoms with Gasteiger partial charge in [-0.15, -0.1) is 5.10 Å². The first-order valence-corrected chi connectivity index (χ1v) is 8.43. The summed E-state index contributed by atoms with van der Waals surface area (Å²) in [6.07, 6.45) is 2.22. The van der Waals surface area contributed by atoms with Gasteiger partial charge in [0.15, 0.2) is 0 Å². The Kier molecular flexibility index (Phi) is 6.32. The van der Waals surface area contributed by atoms with Gasteiger partial charge in [-0.05, 0) is 52.2 Å². The molecule has 0 atom stereocenters. The zero-order chi connectivity index (χ0) is 13.3. The number of rotatable bonds is 9. The van der Waals surface area contributed by atoms with E-state index in [4.69, 9.17) is 0 Å². The number of tetrazole rings is 1. The van der Waals surface area contributed by atoms with Crippen LogP contribution in [0.25, 0.3) is 0 Å². The summed E-state index contributed by atoms with van der Waals surface area (Å²) >= 11 is 3.46. The highest BCUT2D eigenvalue weighted by molar-refractivity contribution is 7.99. The van der Waals surface area contributed by atoms with Gasteiger partial charge in [-0.2, -0.15) is 11.3 Å². The van der Waals surface area contributed by atoms with E-state index in [1.165, 1.54) is 5.56 Å². The number of nitrogens with zero attached hydrogens (tertiary/aromatic N) is 4. The minimum Gasteiger partial charge on any atom is -0.315 e. The van der Waals surface area contributed by atoms with Gasteiger partial charge in [-0.3, -0.25) is 0 Å². The lowest BCUT2D eigenvalue weighted by molar-refractivity contribution is 0.510. The molecular formula is C12H19N5S2. The summed E-state index contributed by atoms with van der Waals surface area (Å²) in [5.74, 6) is 1.01. The van der Waals surface area contributed by atoms with Crippen molar-refractivity contribution in [3.05, 3.63) is 22.4 Å². The first-order valence-electron chi connectivity index (χ1n) is 6.51. The maximum atomic E-state index is 4.07. The predicted molar refractivity (Wildman–Crippen MR) is 79.7 cm³/mol. The molecular weight excluding hydrogens is 278 g/mol. The standard InChI is InChI=1S/C12H19N5S2/c1-2-5-13-6-7-17-12(14-15-16-17)19-9-4-11-3-8-18-10-11/h3,8,10,13H,2,4-7,9H2,1H3. The quantitative estimate of drug-likeness (QED) is 0.567. The Morgan fingerprint density at radius 3 is 3.16 bits per heavy atom. The summed E-state index contributed by atoms with van der Waals surface area (Å²) in [6, 6.07) is 2.17. The van der Waals surface area contributed by atoms with Crippen LogP contribution in [0.1, 0.15) is 18.9 Å². The van der Waals surface area contributed by atoms with Crippen LogP contribution in [-0.4, -0.2) is 39.0 Å². The van der Waals surface area contributed by atoms with Gasteiger partial charge >= 0.3 is 0 Å². The van der Waals surface area contributed by atoms with Crippen molar-refractivity contribution in [1.82, 2.24) is 25.5 Å². The summed E-state index contributed by atoms with van der Waals surface area (Å²) in [7, 11) is 0. The Bertz CT molecular complexity index is 454. The number of hydrogen-bond donors (Lipinski definition) is 1. The highest BCUT2D eigenvalue weighted by Gasteiger charge is 2.06. The maximum Gasteiger partial charge on any atom is 0.209 e. The number of aryl methyl sites for hydroxylation is 1. The smallest absolute Gasteiger partial charge is 0.209 e. The summed E-state index contributed by atoms with van der Waals surface area (Å²) in [5.41, 5.74) is 1.39. The molecule has 19 heavy (non-hydrogen) atoms. The average molecular weight is 297 g/mol. The molecule has 0 aliphatic carbocycles. The zero-order valence-corrected chi connectivity index (χ0v) is 12.7. The molecule has 0 amide bonds. The lowest BCUT2D eigenvalue weighted by Gasteiger charge is -2.05. The molecule has 7 heteroatoms. The number of hydrogen-bond acceptors (Lipinski definition) is 6. The van der Waals surface area contributed by atoms with Crippen molar-refractivity contribution >= 4 is 23.1 Å². The third-order valence-electron chi connectivity index (χ3n) is 2.63. The lowest BCUT2D eigenvalue weighted by atomic mass is 10.3. The van der Waals surface area contributed by atoms with Gasteiger partial charge in [0.25, 0.3) is 0 Å². The first kappa shape index (κ1) is 14.5. The summed E-state index contributed by atoms with van der Waals surface area (Å²) < 4.78 is 1.88. The van der Waals surface area contributed by atoms with Crippen LogP contribution in [-0.2, 0) is 13.0 Å². The van der Waals surface area contributed by atoms with E-state index in [0.717, 1.165) is 43.4 Å². The highest BCUT2D eigenvalue weighted by Crippen LogP contribution is 2.16. The second-order valence-electron chi connectivity index (χ2n) is 4.16. The van der Waals surface area contributed by atoms with Crippen molar-refractivity contribution in [2.24, 2.45) is 0 Å². The predicted octanol–water partition coefficient (Wildman–Crippen LogP) is 2.07. The van der Waals surface area contributed by atoms with Crippen molar-refractivity contribution in [3.63, 3.8) is 0 Å². The molecule has 0 spiro atoms. The van der Waals surface area contributed by atoms with E-state index in [1.807, 2.05) is 4.68 Å². The minimum absolute atomic E-state index is 0.827. The molecule has 0 radical (unpaired) electrons. The molecule has 0 aliphatic heterocycles. The summed E-state index contributed by atoms with van der Waals surface area (Å²) in [4.78, 5) is 0. The van der Waals surface area contributed by atoms with Crippen molar-refractivity contribution in [1.29, 1.82) is 0 Å². The van der Waals surface area contributed by atoms with Gasteiger partial charge in [-0.25, -0.2) is 4.68 Å². The molecule has 2 aromatic heterocycles. The molecule has 0 saturated heterocycles. The Morgan fingerprint density at radius 2 is 2.37 bits per heavy atom. The van der Waals surface area contributed by atoms with Crippen molar-refractivity contribution < 1.29 is 0 Å². The SMILES string of the molecule is CCCNCCn1nnnc1SCCc1ccsc1. The minimum atomic E-state index is 0.827. The monoisotopic (exact) mass is 297 g/mol. The van der Waals surface area contributed by atoms with Crippen LogP contribution in [0, 0.1) is 0 Å². The fraction of sp³-hybridized carbons (Fsp3) is 0.583. The van der Waals surface area contributed by atoms with Gasteiger partial charge < -0.3 is 5.32 Å². The van der Waals surface area contributed by atoms with Crippen molar-refractivity contribution in [3.8, 4) is 0 Å². The molecule has 1 N–H and O–H groups in total. The van der Waals surface area contributed by atoms with Crippen LogP contribution in [0.2, 0.25) is 0 Å². The number of thiophene rings is 1. The van der Waals surface area contributed by atoms with E-state index in [-0.39, 0.29) is 0 Å². The van der Waals surface area contributed by atoms with E-state index in [9.17, 15) is 0 Å². The normalized spacial score (nSPS) is 11.0. The molecule has 0 unspecified atom stereocenters. The molecule has 0 aromatic carbocycles. The third-order valence-corrected chi connectivity index (χ3v) is 4.32. The van der Waals surface area contributed by atoms with E-state index in [2.05, 4.69) is 44.6 Å². The van der Waals surface area contributed by atoms with E-state index >= 15 is 0 Å². The number of thioether (sulfide) groups is 1. The summed E-state index contributed by atoms with van der Waals surface area (Å²) in [5, 5.41) is 20.4. The topological polar surface area (TPSA) is 55.6 Å². The molecule has 5 nitrogen and oxygen atoms in total. The van der Waals surface area contributed by atoms with Gasteiger partial charge in [0, 0.05) is 12.3 Å². The third kappa shape index (κ3) is 4.93. The largest absolute Gasteiger partial charge is 0.315 e. The molecule has 2 heterocycles. The summed E-state index contributed by atoms with van der Waals surface area (Å²) in [6.45, 7) is 4.95. The van der Waals surface area contributed by atoms with Crippen LogP contribution in [0.15, 0.2) is 22.0 Å². The van der Waals surface area contributed by atoms with Gasteiger partial charge in [0.2, 0.25) is 5.16 Å². The number of nitrogens with one attached hydrogen (secondary N) is 1. The van der Waals surface area contributed by atoms with Crippen LogP contribution in [0.4, 0.5) is 0 Å². The fourth-order valence-electron chi connectivity index (χ4n) is 1.62. The molecule has 0 fully saturated rings. The second kappa shape index (κ2) is 8.29. The fourth-order valence-corrected chi connectivity index (χ4v) is 3.22. The van der Waals surface area contributed by atoms with Gasteiger partial charge in [0.05, 0.1) is 6.54 Å². The Balaban J connectivity index is 1.72. The van der Waals surface area contributed by atoms with Crippen molar-refractivity contribution in [2.45, 2.75) is 31.5 Å². The van der Waals surface area contributed by atoms with Gasteiger partial charge in [0.1, 0.15) is 0 Å². The van der Waals surface area contributed by atoms with E-state index in [1.54, 1.807) is 23.1 Å². The van der Waals surface area contributed by atoms with Crippen LogP contribution in [0.5, 0.6) is 0 Å². The molecule has 2 aromatic rings. The maximum absolute atomic E-state index is 4.07. The molecule has 104 valence electrons. The van der Waals surface area contributed by atoms with Crippen LogP contribution >= 0.6 is 23.1 Å². The molecule has 0 aliphatic rings. The Morgan fingerprint density at radius 1 is 1.42 bits per heavy atom. The van der Waals surface area contributed by atoms with E-state index in [0.29, 0.717) is 0 Å². The highest BCUT2D eigenvalue weighted by atomic mass is 32.2. The average Bonchev–Trinajstić information content (AvgIpc) is 3.07. The molecule has 2 rings (SSSR count). The van der Waals surface area contributed by atoms with Crippen molar-refractivity contribution in [2.75, 3.05) is 18.8 Å². The van der Waals surface area contributed by atoms with Gasteiger partial charge in [-0.1, -0.05) is 18.7 Å². The van der Waals surface area contributed by atoms with Crippen LogP contribution < -0.4 is 5.32 Å². The van der Waals surface area contributed by atoms with E-state index < -0.39 is 0 Å². The first-order chi connectivity index (χ1) is 9.40. The van der Waals surface area contributed by atoms with Crippen LogP contribution in [0.3, 0.4) is 0 Å². The Hall–Kier alpha value is -0.920. The molecule has 0 saturated carbocycles. The Labute approximate surface area is 121 Å². The second-order valence-corrected chi connectivity index (χ2v) is 6.01. The lowest BCUT2D eigenvalue weighted by Crippen LogP contribution is -2.21.